The van der Waals surface area contributed by atoms with Crippen molar-refractivity contribution in [2.75, 3.05) is 0 Å². The second kappa shape index (κ2) is 4.31. The number of cyclic esters (lactones) is 1. The van der Waals surface area contributed by atoms with E-state index in [9.17, 15) is 4.79 Å². The van der Waals surface area contributed by atoms with Crippen LogP contribution in [0.25, 0.3) is 11.6 Å². The molecule has 3 heterocycles. The van der Waals surface area contributed by atoms with Crippen LogP contribution in [-0.4, -0.2) is 5.97 Å². The van der Waals surface area contributed by atoms with Crippen LogP contribution in [0.5, 0.6) is 0 Å². The first-order valence-electron chi connectivity index (χ1n) is 5.03. The number of allylic oxidation sites excluding steroid dienone is 1. The lowest BCUT2D eigenvalue weighted by atomic mass is 10.1. The topological polar surface area (TPSA) is 26.3 Å². The predicted molar refractivity (Wildman–Crippen MR) is 70.7 cm³/mol. The summed E-state index contributed by atoms with van der Waals surface area (Å²) in [6.07, 6.45) is 3.44. The fourth-order valence-corrected chi connectivity index (χ4v) is 2.91. The molecule has 0 aliphatic carbocycles. The molecule has 0 atom stereocenters. The molecule has 0 spiro atoms. The van der Waals surface area contributed by atoms with Crippen molar-refractivity contribution in [3.63, 3.8) is 0 Å². The number of hydrogen-bond acceptors (Lipinski definition) is 4. The Bertz CT molecular complexity index is 589. The number of rotatable bonds is 2. The van der Waals surface area contributed by atoms with E-state index in [-0.39, 0.29) is 5.97 Å². The molecule has 0 saturated carbocycles. The van der Waals surface area contributed by atoms with Gasteiger partial charge in [0.2, 0.25) is 0 Å². The van der Waals surface area contributed by atoms with Crippen molar-refractivity contribution in [3.05, 3.63) is 56.6 Å². The molecule has 17 heavy (non-hydrogen) atoms. The minimum atomic E-state index is -0.298. The molecule has 0 radical (unpaired) electrons. The van der Waals surface area contributed by atoms with Gasteiger partial charge in [-0.2, -0.15) is 22.7 Å². The predicted octanol–water partition coefficient (Wildman–Crippen LogP) is 3.79. The highest BCUT2D eigenvalue weighted by molar-refractivity contribution is 7.08. The average Bonchev–Trinajstić information content (AvgIpc) is 3.00. The van der Waals surface area contributed by atoms with Gasteiger partial charge in [0, 0.05) is 11.6 Å². The second-order valence-corrected chi connectivity index (χ2v) is 5.12. The summed E-state index contributed by atoms with van der Waals surface area (Å²) >= 11 is 3.22. The van der Waals surface area contributed by atoms with Crippen molar-refractivity contribution in [2.24, 2.45) is 0 Å². The fraction of sp³-hybridized carbons (Fsp3) is 0. The van der Waals surface area contributed by atoms with E-state index in [0.717, 1.165) is 16.7 Å². The molecule has 0 unspecified atom stereocenters. The van der Waals surface area contributed by atoms with Crippen LogP contribution in [0.2, 0.25) is 0 Å². The van der Waals surface area contributed by atoms with E-state index in [1.54, 1.807) is 28.7 Å². The van der Waals surface area contributed by atoms with Gasteiger partial charge in [0.1, 0.15) is 5.76 Å². The highest BCUT2D eigenvalue weighted by Gasteiger charge is 2.21. The minimum Gasteiger partial charge on any atom is -0.423 e. The number of ether oxygens (including phenoxy) is 1. The molecule has 0 aromatic carbocycles. The van der Waals surface area contributed by atoms with E-state index >= 15 is 0 Å². The normalized spacial score (nSPS) is 17.3. The third-order valence-electron chi connectivity index (χ3n) is 2.41. The molecule has 2 nitrogen and oxygen atoms in total. The van der Waals surface area contributed by atoms with E-state index < -0.39 is 0 Å². The highest BCUT2D eigenvalue weighted by atomic mass is 32.1. The van der Waals surface area contributed by atoms with Gasteiger partial charge in [-0.3, -0.25) is 0 Å². The zero-order chi connectivity index (χ0) is 11.7. The summed E-state index contributed by atoms with van der Waals surface area (Å²) in [6.45, 7) is 0. The summed E-state index contributed by atoms with van der Waals surface area (Å²) in [5.41, 5.74) is 2.95. The van der Waals surface area contributed by atoms with E-state index in [0.29, 0.717) is 5.76 Å². The van der Waals surface area contributed by atoms with Crippen LogP contribution in [0.4, 0.5) is 0 Å². The summed E-state index contributed by atoms with van der Waals surface area (Å²) in [7, 11) is 0. The highest BCUT2D eigenvalue weighted by Crippen LogP contribution is 2.32. The number of carbonyl (C=O) groups excluding carboxylic acids is 1. The van der Waals surface area contributed by atoms with E-state index in [1.807, 2.05) is 39.7 Å². The molecular weight excluding hydrogens is 252 g/mol. The van der Waals surface area contributed by atoms with E-state index in [1.165, 1.54) is 0 Å². The zero-order valence-electron chi connectivity index (χ0n) is 8.75. The SMILES string of the molecule is O=C1C=C(c2ccsc2)C(=Cc2ccsc2)O1. The van der Waals surface area contributed by atoms with Crippen molar-refractivity contribution >= 4 is 40.3 Å². The van der Waals surface area contributed by atoms with Crippen LogP contribution in [0, 0.1) is 0 Å². The minimum absolute atomic E-state index is 0.298. The van der Waals surface area contributed by atoms with E-state index in [4.69, 9.17) is 4.74 Å². The van der Waals surface area contributed by atoms with Gasteiger partial charge in [0.25, 0.3) is 0 Å². The van der Waals surface area contributed by atoms with Gasteiger partial charge in [-0.15, -0.1) is 0 Å². The lowest BCUT2D eigenvalue weighted by molar-refractivity contribution is -0.132. The maximum Gasteiger partial charge on any atom is 0.336 e. The molecule has 84 valence electrons. The van der Waals surface area contributed by atoms with Crippen molar-refractivity contribution in [1.82, 2.24) is 0 Å². The number of hydrogen-bond donors (Lipinski definition) is 0. The van der Waals surface area contributed by atoms with Gasteiger partial charge in [-0.25, -0.2) is 4.79 Å². The maximum absolute atomic E-state index is 11.4. The molecule has 2 aromatic rings. The molecule has 0 amide bonds. The van der Waals surface area contributed by atoms with Gasteiger partial charge in [0.05, 0.1) is 0 Å². The van der Waals surface area contributed by atoms with Gasteiger partial charge in [-0.1, -0.05) is 0 Å². The van der Waals surface area contributed by atoms with Gasteiger partial charge in [0.15, 0.2) is 0 Å². The van der Waals surface area contributed by atoms with Crippen molar-refractivity contribution in [3.8, 4) is 0 Å². The Labute approximate surface area is 106 Å². The summed E-state index contributed by atoms with van der Waals surface area (Å²) in [6, 6.07) is 3.98. The quantitative estimate of drug-likeness (QED) is 0.768. The third-order valence-corrected chi connectivity index (χ3v) is 3.80. The Kier molecular flexibility index (Phi) is 2.66. The molecular formula is C13H8O2S2. The molecule has 3 rings (SSSR count). The van der Waals surface area contributed by atoms with Crippen LogP contribution in [0.1, 0.15) is 11.1 Å². The summed E-state index contributed by atoms with van der Waals surface area (Å²) in [5.74, 6) is 0.333. The molecule has 0 fully saturated rings. The second-order valence-electron chi connectivity index (χ2n) is 3.56. The van der Waals surface area contributed by atoms with Crippen LogP contribution < -0.4 is 0 Å². The fourth-order valence-electron chi connectivity index (χ4n) is 1.64. The molecule has 0 N–H and O–H groups in total. The first-order chi connectivity index (χ1) is 8.33. The lowest BCUT2D eigenvalue weighted by Gasteiger charge is -2.01. The largest absolute Gasteiger partial charge is 0.423 e. The van der Waals surface area contributed by atoms with Crippen LogP contribution in [0.3, 0.4) is 0 Å². The van der Waals surface area contributed by atoms with Gasteiger partial charge in [-0.05, 0) is 50.9 Å². The maximum atomic E-state index is 11.4. The van der Waals surface area contributed by atoms with Crippen molar-refractivity contribution < 1.29 is 9.53 Å². The van der Waals surface area contributed by atoms with Crippen LogP contribution in [0.15, 0.2) is 45.5 Å². The van der Waals surface area contributed by atoms with E-state index in [2.05, 4.69) is 0 Å². The molecule has 1 aliphatic rings. The Morgan fingerprint density at radius 1 is 1.12 bits per heavy atom. The van der Waals surface area contributed by atoms with Crippen molar-refractivity contribution in [2.45, 2.75) is 0 Å². The molecule has 0 saturated heterocycles. The number of carbonyl (C=O) groups is 1. The monoisotopic (exact) mass is 260 g/mol. The van der Waals surface area contributed by atoms with Crippen molar-refractivity contribution in [1.29, 1.82) is 0 Å². The Morgan fingerprint density at radius 2 is 1.94 bits per heavy atom. The van der Waals surface area contributed by atoms with Gasteiger partial charge >= 0.3 is 5.97 Å². The third kappa shape index (κ3) is 2.09. The Hall–Kier alpha value is -1.65. The van der Waals surface area contributed by atoms with Crippen LogP contribution >= 0.6 is 22.7 Å². The number of esters is 1. The molecule has 4 heteroatoms. The molecule has 1 aliphatic heterocycles. The van der Waals surface area contributed by atoms with Crippen LogP contribution in [-0.2, 0) is 9.53 Å². The Balaban J connectivity index is 2.01. The zero-order valence-corrected chi connectivity index (χ0v) is 10.4. The standard InChI is InChI=1S/C13H8O2S2/c14-13-6-11(10-2-4-17-8-10)12(15-13)5-9-1-3-16-7-9/h1-8H. The summed E-state index contributed by atoms with van der Waals surface area (Å²) in [5, 5.41) is 8.01. The lowest BCUT2D eigenvalue weighted by Crippen LogP contribution is -1.90. The first kappa shape index (κ1) is 10.5. The molecule has 2 aromatic heterocycles. The summed E-state index contributed by atoms with van der Waals surface area (Å²) in [4.78, 5) is 11.4. The smallest absolute Gasteiger partial charge is 0.336 e. The molecule has 0 bridgehead atoms. The summed E-state index contributed by atoms with van der Waals surface area (Å²) < 4.78 is 5.21. The number of thiophene rings is 2. The average molecular weight is 260 g/mol. The van der Waals surface area contributed by atoms with Gasteiger partial charge < -0.3 is 4.74 Å². The Morgan fingerprint density at radius 3 is 2.65 bits per heavy atom. The first-order valence-corrected chi connectivity index (χ1v) is 6.92.